The number of nitrogens with one attached hydrogen (secondary N) is 2. The second kappa shape index (κ2) is 11.6. The molecule has 204 valence electrons. The largest absolute Gasteiger partial charge is 0.506 e. The van der Waals surface area contributed by atoms with Crippen molar-refractivity contribution in [2.45, 2.75) is 36.0 Å². The van der Waals surface area contributed by atoms with Crippen molar-refractivity contribution in [3.63, 3.8) is 0 Å². The standard InChI is InChI=1S/C28H28FN3O6S/c1-4-5-7-20-24(25-21(37-2)8-6-9-22(25)38-3)26(33)27(28(34)32-20)39(35,36)19-13-10-17(11-14-19)31-18-12-15-23(29)30-16-18/h6,8-16,31H,4-5,7H2,1-3H3,(H2,32,33,34). The van der Waals surface area contributed by atoms with Gasteiger partial charge in [-0.05, 0) is 61.4 Å². The third kappa shape index (κ3) is 5.58. The number of aromatic hydroxyl groups is 1. The number of aryl methyl sites for hydroxylation is 1. The van der Waals surface area contributed by atoms with Gasteiger partial charge in [-0.1, -0.05) is 19.4 Å². The van der Waals surface area contributed by atoms with Gasteiger partial charge in [0.05, 0.1) is 42.1 Å². The quantitative estimate of drug-likeness (QED) is 0.228. The first-order valence-corrected chi connectivity index (χ1v) is 13.6. The zero-order valence-corrected chi connectivity index (χ0v) is 22.4. The van der Waals surface area contributed by atoms with E-state index in [9.17, 15) is 22.7 Å². The van der Waals surface area contributed by atoms with Crippen molar-refractivity contribution in [1.29, 1.82) is 0 Å². The van der Waals surface area contributed by atoms with E-state index in [1.165, 1.54) is 56.8 Å². The summed E-state index contributed by atoms with van der Waals surface area (Å²) in [6.45, 7) is 1.98. The lowest BCUT2D eigenvalue weighted by Gasteiger charge is -2.19. The Balaban J connectivity index is 1.84. The molecule has 0 spiro atoms. The van der Waals surface area contributed by atoms with E-state index < -0.39 is 32.0 Å². The molecule has 39 heavy (non-hydrogen) atoms. The van der Waals surface area contributed by atoms with Gasteiger partial charge in [0.2, 0.25) is 15.8 Å². The van der Waals surface area contributed by atoms with E-state index in [0.29, 0.717) is 47.0 Å². The molecule has 0 amide bonds. The molecular formula is C28H28FN3O6S. The van der Waals surface area contributed by atoms with Crippen LogP contribution in [0.5, 0.6) is 17.2 Å². The SMILES string of the molecule is CCCCc1[nH]c(=O)c(S(=O)(=O)c2ccc(Nc3ccc(F)nc3)cc2)c(O)c1-c1c(OC)cccc1OC. The Bertz CT molecular complexity index is 1610. The third-order valence-electron chi connectivity index (χ3n) is 6.13. The van der Waals surface area contributed by atoms with Crippen LogP contribution in [0.2, 0.25) is 0 Å². The summed E-state index contributed by atoms with van der Waals surface area (Å²) in [7, 11) is -1.57. The third-order valence-corrected chi connectivity index (χ3v) is 7.94. The fraction of sp³-hybridized carbons (Fsp3) is 0.214. The van der Waals surface area contributed by atoms with Crippen LogP contribution in [0.25, 0.3) is 11.1 Å². The molecule has 0 radical (unpaired) electrons. The molecule has 9 nitrogen and oxygen atoms in total. The van der Waals surface area contributed by atoms with Crippen LogP contribution in [-0.2, 0) is 16.3 Å². The van der Waals surface area contributed by atoms with Crippen LogP contribution in [0.4, 0.5) is 15.8 Å². The van der Waals surface area contributed by atoms with Crippen LogP contribution in [0, 0.1) is 5.95 Å². The highest BCUT2D eigenvalue weighted by Crippen LogP contribution is 2.46. The number of aromatic amines is 1. The first-order chi connectivity index (χ1) is 18.7. The lowest BCUT2D eigenvalue weighted by molar-refractivity contribution is 0.395. The van der Waals surface area contributed by atoms with Gasteiger partial charge in [-0.25, -0.2) is 13.4 Å². The molecule has 0 fully saturated rings. The summed E-state index contributed by atoms with van der Waals surface area (Å²) < 4.78 is 51.4. The molecular weight excluding hydrogens is 525 g/mol. The van der Waals surface area contributed by atoms with E-state index in [1.807, 2.05) is 6.92 Å². The van der Waals surface area contributed by atoms with Crippen molar-refractivity contribution in [3.05, 3.63) is 82.8 Å². The zero-order chi connectivity index (χ0) is 28.2. The summed E-state index contributed by atoms with van der Waals surface area (Å²) in [5, 5.41) is 14.4. The first-order valence-electron chi connectivity index (χ1n) is 12.1. The van der Waals surface area contributed by atoms with Gasteiger partial charge in [0.1, 0.15) is 17.2 Å². The van der Waals surface area contributed by atoms with Crippen molar-refractivity contribution in [3.8, 4) is 28.4 Å². The second-order valence-corrected chi connectivity index (χ2v) is 10.5. The predicted octanol–water partition coefficient (Wildman–Crippen LogP) is 5.22. The van der Waals surface area contributed by atoms with Crippen molar-refractivity contribution in [2.24, 2.45) is 0 Å². The molecule has 4 rings (SSSR count). The van der Waals surface area contributed by atoms with Gasteiger partial charge < -0.3 is 24.9 Å². The summed E-state index contributed by atoms with van der Waals surface area (Å²) in [5.41, 5.74) is 0.891. The minimum atomic E-state index is -4.47. The van der Waals surface area contributed by atoms with E-state index in [1.54, 1.807) is 18.2 Å². The number of anilines is 2. The van der Waals surface area contributed by atoms with Crippen LogP contribution in [0.1, 0.15) is 25.5 Å². The van der Waals surface area contributed by atoms with Crippen LogP contribution < -0.4 is 20.3 Å². The first kappa shape index (κ1) is 27.6. The molecule has 0 aliphatic rings. The van der Waals surface area contributed by atoms with Gasteiger partial charge in [-0.3, -0.25) is 4.79 Å². The van der Waals surface area contributed by atoms with Gasteiger partial charge in [-0.15, -0.1) is 0 Å². The number of nitrogens with zero attached hydrogens (tertiary/aromatic N) is 1. The Morgan fingerprint density at radius 2 is 1.62 bits per heavy atom. The molecule has 0 saturated heterocycles. The Morgan fingerprint density at radius 3 is 2.18 bits per heavy atom. The van der Waals surface area contributed by atoms with Gasteiger partial charge >= 0.3 is 0 Å². The second-order valence-electron chi connectivity index (χ2n) is 8.65. The maximum Gasteiger partial charge on any atom is 0.271 e. The molecule has 0 unspecified atom stereocenters. The molecule has 0 aliphatic carbocycles. The van der Waals surface area contributed by atoms with Gasteiger partial charge in [0.25, 0.3) is 5.56 Å². The van der Waals surface area contributed by atoms with E-state index in [-0.39, 0.29) is 10.5 Å². The van der Waals surface area contributed by atoms with Crippen molar-refractivity contribution in [1.82, 2.24) is 9.97 Å². The fourth-order valence-electron chi connectivity index (χ4n) is 4.23. The summed E-state index contributed by atoms with van der Waals surface area (Å²) in [4.78, 5) is 18.4. The van der Waals surface area contributed by atoms with Gasteiger partial charge in [-0.2, -0.15) is 4.39 Å². The minimum Gasteiger partial charge on any atom is -0.506 e. The Kier molecular flexibility index (Phi) is 8.20. The molecule has 2 aromatic carbocycles. The fourth-order valence-corrected chi connectivity index (χ4v) is 5.61. The molecule has 0 bridgehead atoms. The molecule has 2 aromatic heterocycles. The van der Waals surface area contributed by atoms with Crippen LogP contribution in [0.3, 0.4) is 0 Å². The van der Waals surface area contributed by atoms with Gasteiger partial charge in [0.15, 0.2) is 4.90 Å². The van der Waals surface area contributed by atoms with E-state index in [0.717, 1.165) is 6.42 Å². The van der Waals surface area contributed by atoms with Crippen LogP contribution in [0.15, 0.2) is 75.4 Å². The lowest BCUT2D eigenvalue weighted by Crippen LogP contribution is -2.21. The summed E-state index contributed by atoms with van der Waals surface area (Å²) in [5.74, 6) is -0.642. The monoisotopic (exact) mass is 553 g/mol. The molecule has 4 aromatic rings. The number of unbranched alkanes of at least 4 members (excludes halogenated alkanes) is 1. The summed E-state index contributed by atoms with van der Waals surface area (Å²) in [6, 6.07) is 13.3. The Labute approximate surface area is 225 Å². The molecule has 3 N–H and O–H groups in total. The number of halogens is 1. The average Bonchev–Trinajstić information content (AvgIpc) is 2.93. The number of pyridine rings is 2. The highest BCUT2D eigenvalue weighted by molar-refractivity contribution is 7.91. The number of hydrogen-bond acceptors (Lipinski definition) is 8. The van der Waals surface area contributed by atoms with Crippen molar-refractivity contribution >= 4 is 21.2 Å². The maximum atomic E-state index is 13.7. The molecule has 0 saturated carbocycles. The summed E-state index contributed by atoms with van der Waals surface area (Å²) >= 11 is 0. The van der Waals surface area contributed by atoms with Crippen molar-refractivity contribution in [2.75, 3.05) is 19.5 Å². The van der Waals surface area contributed by atoms with Gasteiger partial charge in [0, 0.05) is 11.4 Å². The minimum absolute atomic E-state index is 0.123. The molecule has 11 heteroatoms. The Hall–Kier alpha value is -4.38. The lowest BCUT2D eigenvalue weighted by atomic mass is 9.98. The number of ether oxygens (including phenoxy) is 2. The normalized spacial score (nSPS) is 11.3. The number of benzene rings is 2. The van der Waals surface area contributed by atoms with Crippen molar-refractivity contribution < 1.29 is 27.4 Å². The average molecular weight is 554 g/mol. The number of hydrogen-bond donors (Lipinski definition) is 3. The topological polar surface area (TPSA) is 131 Å². The highest BCUT2D eigenvalue weighted by atomic mass is 32.2. The highest BCUT2D eigenvalue weighted by Gasteiger charge is 2.31. The Morgan fingerprint density at radius 1 is 0.974 bits per heavy atom. The molecule has 0 atom stereocenters. The number of aromatic nitrogens is 2. The van der Waals surface area contributed by atoms with E-state index in [4.69, 9.17) is 9.47 Å². The molecule has 0 aliphatic heterocycles. The number of sulfone groups is 1. The zero-order valence-electron chi connectivity index (χ0n) is 21.6. The number of rotatable bonds is 10. The predicted molar refractivity (Wildman–Crippen MR) is 145 cm³/mol. The smallest absolute Gasteiger partial charge is 0.271 e. The molecule has 2 heterocycles. The number of methoxy groups -OCH3 is 2. The summed E-state index contributed by atoms with van der Waals surface area (Å²) in [6.07, 6.45) is 3.17. The van der Waals surface area contributed by atoms with E-state index >= 15 is 0 Å². The van der Waals surface area contributed by atoms with Crippen LogP contribution in [-0.4, -0.2) is 37.7 Å². The van der Waals surface area contributed by atoms with Crippen LogP contribution >= 0.6 is 0 Å². The van der Waals surface area contributed by atoms with E-state index in [2.05, 4.69) is 15.3 Å². The maximum absolute atomic E-state index is 13.7. The number of H-pyrrole nitrogens is 1.